The van der Waals surface area contributed by atoms with E-state index in [1.54, 1.807) is 18.2 Å². The number of carboxylic acid groups (broad SMARTS) is 1. The molecule has 0 unspecified atom stereocenters. The van der Waals surface area contributed by atoms with Gasteiger partial charge in [-0.2, -0.15) is 13.2 Å². The molecule has 35 heavy (non-hydrogen) atoms. The molecule has 1 aliphatic heterocycles. The minimum atomic E-state index is -4.88. The zero-order valence-corrected chi connectivity index (χ0v) is 20.2. The van der Waals surface area contributed by atoms with Crippen molar-refractivity contribution >= 4 is 29.3 Å². The summed E-state index contributed by atoms with van der Waals surface area (Å²) in [4.78, 5) is 11.7. The van der Waals surface area contributed by atoms with E-state index in [2.05, 4.69) is 10.2 Å². The summed E-state index contributed by atoms with van der Waals surface area (Å²) < 4.78 is 59.3. The van der Waals surface area contributed by atoms with E-state index in [9.17, 15) is 23.1 Å². The van der Waals surface area contributed by atoms with E-state index in [4.69, 9.17) is 25.8 Å². The fourth-order valence-corrected chi connectivity index (χ4v) is 5.77. The van der Waals surface area contributed by atoms with Crippen molar-refractivity contribution in [1.82, 2.24) is 14.8 Å². The molecule has 3 aromatic rings. The molecule has 0 saturated carbocycles. The van der Waals surface area contributed by atoms with E-state index >= 15 is 0 Å². The zero-order valence-electron chi connectivity index (χ0n) is 18.6. The van der Waals surface area contributed by atoms with E-state index < -0.39 is 34.9 Å². The van der Waals surface area contributed by atoms with Crippen LogP contribution in [0, 0.1) is 0 Å². The highest BCUT2D eigenvalue weighted by Crippen LogP contribution is 2.56. The van der Waals surface area contributed by atoms with Gasteiger partial charge in [0, 0.05) is 16.7 Å². The number of methoxy groups -OCH3 is 3. The SMILES string of the molecule is COc1cccc([C@@H]2S[C@@H](CC(=O)O)c3nnc(C(F)(F)F)n3-c3c(OC)cc(Cl)cc32)c1OC. The maximum absolute atomic E-state index is 14.0. The number of ether oxygens (including phenoxy) is 3. The first-order valence-corrected chi connectivity index (χ1v) is 11.4. The summed E-state index contributed by atoms with van der Waals surface area (Å²) in [6.07, 6.45) is -5.38. The fourth-order valence-electron chi connectivity index (χ4n) is 4.05. The van der Waals surface area contributed by atoms with Crippen LogP contribution in [0.1, 0.15) is 39.7 Å². The van der Waals surface area contributed by atoms with E-state index in [1.807, 2.05) is 0 Å². The minimum Gasteiger partial charge on any atom is -0.494 e. The highest BCUT2D eigenvalue weighted by molar-refractivity contribution is 8.00. The Morgan fingerprint density at radius 2 is 1.83 bits per heavy atom. The van der Waals surface area contributed by atoms with Crippen LogP contribution in [0.4, 0.5) is 13.2 Å². The third-order valence-corrected chi connectivity index (χ3v) is 7.11. The van der Waals surface area contributed by atoms with Gasteiger partial charge in [-0.1, -0.05) is 23.7 Å². The van der Waals surface area contributed by atoms with Crippen LogP contribution < -0.4 is 14.2 Å². The van der Waals surface area contributed by atoms with Gasteiger partial charge in [0.05, 0.1) is 43.9 Å². The van der Waals surface area contributed by atoms with Gasteiger partial charge in [0.25, 0.3) is 0 Å². The second-order valence-electron chi connectivity index (χ2n) is 7.45. The second-order valence-corrected chi connectivity index (χ2v) is 9.20. The monoisotopic (exact) mass is 529 g/mol. The number of thioether (sulfide) groups is 1. The molecule has 13 heteroatoms. The Balaban J connectivity index is 2.11. The molecule has 1 aromatic heterocycles. The Labute approximate surface area is 207 Å². The predicted molar refractivity (Wildman–Crippen MR) is 122 cm³/mol. The van der Waals surface area contributed by atoms with Crippen molar-refractivity contribution in [2.45, 2.75) is 23.1 Å². The first-order valence-electron chi connectivity index (χ1n) is 10.1. The number of halogens is 4. The summed E-state index contributed by atoms with van der Waals surface area (Å²) >= 11 is 7.45. The van der Waals surface area contributed by atoms with E-state index in [0.29, 0.717) is 22.6 Å². The van der Waals surface area contributed by atoms with Crippen molar-refractivity contribution in [2.24, 2.45) is 0 Å². The van der Waals surface area contributed by atoms with Gasteiger partial charge in [-0.3, -0.25) is 9.36 Å². The van der Waals surface area contributed by atoms with Crippen molar-refractivity contribution in [2.75, 3.05) is 21.3 Å². The number of alkyl halides is 3. The lowest BCUT2D eigenvalue weighted by Crippen LogP contribution is -2.17. The molecule has 0 radical (unpaired) electrons. The Bertz CT molecular complexity index is 1280. The maximum Gasteiger partial charge on any atom is 0.452 e. The molecule has 0 spiro atoms. The van der Waals surface area contributed by atoms with Crippen molar-refractivity contribution in [3.8, 4) is 22.9 Å². The standard InChI is InChI=1S/C22H19ClF3N3O5S/c1-32-13-6-4-5-11(18(13)34-3)19-12-7-10(23)8-14(33-2)17(12)29-20(15(35-19)9-16(30)31)27-28-21(29)22(24,25)26/h4-8,15,19H,9H2,1-3H3,(H,30,31)/t15-,19-/m0/s1. The summed E-state index contributed by atoms with van der Waals surface area (Å²) in [6.45, 7) is 0. The lowest BCUT2D eigenvalue weighted by Gasteiger charge is -2.24. The van der Waals surface area contributed by atoms with Crippen molar-refractivity contribution in [1.29, 1.82) is 0 Å². The van der Waals surface area contributed by atoms with Crippen LogP contribution in [0.15, 0.2) is 30.3 Å². The quantitative estimate of drug-likeness (QED) is 0.458. The number of fused-ring (bicyclic) bond motifs is 3. The molecule has 2 heterocycles. The fraction of sp³-hybridized carbons (Fsp3) is 0.318. The third-order valence-electron chi connectivity index (χ3n) is 5.40. The number of carboxylic acids is 1. The van der Waals surface area contributed by atoms with Gasteiger partial charge in [-0.05, 0) is 17.7 Å². The van der Waals surface area contributed by atoms with Gasteiger partial charge in [-0.25, -0.2) is 0 Å². The van der Waals surface area contributed by atoms with E-state index in [-0.39, 0.29) is 22.3 Å². The molecule has 4 rings (SSSR count). The molecule has 0 amide bonds. The zero-order chi connectivity index (χ0) is 25.5. The van der Waals surface area contributed by atoms with Gasteiger partial charge < -0.3 is 19.3 Å². The summed E-state index contributed by atoms with van der Waals surface area (Å²) in [5.41, 5.74) is 0.898. The van der Waals surface area contributed by atoms with Crippen LogP contribution in [0.3, 0.4) is 0 Å². The van der Waals surface area contributed by atoms with E-state index in [0.717, 1.165) is 16.3 Å². The summed E-state index contributed by atoms with van der Waals surface area (Å²) in [7, 11) is 4.20. The van der Waals surface area contributed by atoms with Crippen LogP contribution in [-0.4, -0.2) is 47.2 Å². The van der Waals surface area contributed by atoms with Gasteiger partial charge >= 0.3 is 12.1 Å². The minimum absolute atomic E-state index is 0.0134. The summed E-state index contributed by atoms with van der Waals surface area (Å²) in [6, 6.07) is 8.01. The lowest BCUT2D eigenvalue weighted by atomic mass is 10.00. The van der Waals surface area contributed by atoms with Crippen LogP contribution >= 0.6 is 23.4 Å². The van der Waals surface area contributed by atoms with Gasteiger partial charge in [0.1, 0.15) is 5.75 Å². The average molecular weight is 530 g/mol. The average Bonchev–Trinajstić information content (AvgIpc) is 3.20. The molecule has 0 saturated heterocycles. The molecule has 186 valence electrons. The third kappa shape index (κ3) is 4.47. The predicted octanol–water partition coefficient (Wildman–Crippen LogP) is 5.32. The van der Waals surface area contributed by atoms with Gasteiger partial charge in [-0.15, -0.1) is 22.0 Å². The number of aliphatic carboxylic acids is 1. The number of hydrogen-bond donors (Lipinski definition) is 1. The molecular weight excluding hydrogens is 511 g/mol. The largest absolute Gasteiger partial charge is 0.494 e. The molecule has 0 bridgehead atoms. The van der Waals surface area contributed by atoms with Crippen molar-refractivity contribution < 1.29 is 37.3 Å². The molecule has 0 aliphatic carbocycles. The van der Waals surface area contributed by atoms with Gasteiger partial charge in [0.2, 0.25) is 5.82 Å². The van der Waals surface area contributed by atoms with E-state index in [1.165, 1.54) is 33.5 Å². The Kier molecular flexibility index (Phi) is 6.78. The van der Waals surface area contributed by atoms with Gasteiger partial charge in [0.15, 0.2) is 17.3 Å². The molecule has 2 aromatic carbocycles. The number of hydrogen-bond acceptors (Lipinski definition) is 7. The van der Waals surface area contributed by atoms with Crippen molar-refractivity contribution in [3.05, 3.63) is 58.1 Å². The highest BCUT2D eigenvalue weighted by atomic mass is 35.5. The molecule has 8 nitrogen and oxygen atoms in total. The van der Waals surface area contributed by atoms with Crippen LogP contribution in [0.25, 0.3) is 5.69 Å². The highest BCUT2D eigenvalue weighted by Gasteiger charge is 2.44. The van der Waals surface area contributed by atoms with Crippen LogP contribution in [-0.2, 0) is 11.0 Å². The Morgan fingerprint density at radius 1 is 1.11 bits per heavy atom. The number of nitrogens with zero attached hydrogens (tertiary/aromatic N) is 3. The summed E-state index contributed by atoms with van der Waals surface area (Å²) in [5, 5.41) is 15.2. The molecule has 0 fully saturated rings. The normalized spacial score (nSPS) is 17.2. The lowest BCUT2D eigenvalue weighted by molar-refractivity contribution is -0.146. The molecule has 1 N–H and O–H groups in total. The van der Waals surface area contributed by atoms with Crippen LogP contribution in [0.2, 0.25) is 5.02 Å². The smallest absolute Gasteiger partial charge is 0.452 e. The first-order chi connectivity index (χ1) is 16.6. The second kappa shape index (κ2) is 9.50. The number of aromatic nitrogens is 3. The van der Waals surface area contributed by atoms with Crippen LogP contribution in [0.5, 0.6) is 17.2 Å². The first kappa shape index (κ1) is 25.0. The molecule has 2 atom stereocenters. The number of benzene rings is 2. The maximum atomic E-state index is 14.0. The van der Waals surface area contributed by atoms with Crippen molar-refractivity contribution in [3.63, 3.8) is 0 Å². The Morgan fingerprint density at radius 3 is 2.43 bits per heavy atom. The number of para-hydroxylation sites is 1. The molecular formula is C22H19ClF3N3O5S. The molecule has 1 aliphatic rings. The topological polar surface area (TPSA) is 95.7 Å². The Hall–Kier alpha value is -3.12. The number of carbonyl (C=O) groups is 1. The summed E-state index contributed by atoms with van der Waals surface area (Å²) in [5.74, 6) is -1.89. The number of rotatable bonds is 6.